The number of thiophene rings is 1. The van der Waals surface area contributed by atoms with Gasteiger partial charge in [-0.05, 0) is 24.7 Å². The molecule has 2 atom stereocenters. The lowest BCUT2D eigenvalue weighted by Crippen LogP contribution is -2.29. The highest BCUT2D eigenvalue weighted by molar-refractivity contribution is 7.15. The van der Waals surface area contributed by atoms with Crippen LogP contribution in [-0.2, 0) is 0 Å². The van der Waals surface area contributed by atoms with Gasteiger partial charge in [0.1, 0.15) is 6.10 Å². The molecule has 1 aromatic carbocycles. The lowest BCUT2D eigenvalue weighted by Gasteiger charge is -2.15. The van der Waals surface area contributed by atoms with Crippen LogP contribution in [0.1, 0.15) is 11.0 Å². The van der Waals surface area contributed by atoms with E-state index in [1.54, 1.807) is 7.05 Å². The van der Waals surface area contributed by atoms with Crippen molar-refractivity contribution in [1.82, 2.24) is 5.32 Å². The van der Waals surface area contributed by atoms with Crippen LogP contribution in [-0.4, -0.2) is 29.9 Å². The predicted molar refractivity (Wildman–Crippen MR) is 74.6 cm³/mol. The minimum Gasteiger partial charge on any atom is -0.389 e. The van der Waals surface area contributed by atoms with Crippen LogP contribution in [0.5, 0.6) is 0 Å². The van der Waals surface area contributed by atoms with Gasteiger partial charge in [-0.25, -0.2) is 0 Å². The zero-order valence-corrected chi connectivity index (χ0v) is 11.0. The molecule has 0 saturated heterocycles. The average Bonchev–Trinajstić information content (AvgIpc) is 2.89. The predicted octanol–water partition coefficient (Wildman–Crippen LogP) is 2.03. The number of aliphatic hydroxyl groups is 2. The fourth-order valence-electron chi connectivity index (χ4n) is 1.78. The van der Waals surface area contributed by atoms with Gasteiger partial charge in [-0.2, -0.15) is 0 Å². The molecule has 0 aliphatic rings. The summed E-state index contributed by atoms with van der Waals surface area (Å²) in [6.07, 6.45) is -1.61. The second kappa shape index (κ2) is 6.11. The summed E-state index contributed by atoms with van der Waals surface area (Å²) in [4.78, 5) is 1.89. The summed E-state index contributed by atoms with van der Waals surface area (Å²) in [7, 11) is 1.75. The Bertz CT molecular complexity index is 484. The average molecular weight is 263 g/mol. The largest absolute Gasteiger partial charge is 0.389 e. The van der Waals surface area contributed by atoms with Gasteiger partial charge < -0.3 is 15.5 Å². The van der Waals surface area contributed by atoms with E-state index in [-0.39, 0.29) is 0 Å². The molecule has 18 heavy (non-hydrogen) atoms. The van der Waals surface area contributed by atoms with E-state index in [2.05, 4.69) is 5.32 Å². The molecule has 2 aromatic rings. The first-order chi connectivity index (χ1) is 8.72. The van der Waals surface area contributed by atoms with Gasteiger partial charge in [0.05, 0.1) is 6.10 Å². The van der Waals surface area contributed by atoms with Crippen molar-refractivity contribution in [2.45, 2.75) is 12.2 Å². The molecule has 0 radical (unpaired) electrons. The fourth-order valence-corrected chi connectivity index (χ4v) is 2.84. The molecule has 2 unspecified atom stereocenters. The summed E-state index contributed by atoms with van der Waals surface area (Å²) in [6, 6.07) is 13.9. The van der Waals surface area contributed by atoms with Gasteiger partial charge in [-0.1, -0.05) is 30.3 Å². The molecular formula is C14H17NO2S. The van der Waals surface area contributed by atoms with Crippen molar-refractivity contribution in [2.75, 3.05) is 13.6 Å². The Morgan fingerprint density at radius 2 is 1.83 bits per heavy atom. The fraction of sp³-hybridized carbons (Fsp3) is 0.286. The second-order valence-corrected chi connectivity index (χ2v) is 5.25. The molecule has 0 saturated carbocycles. The van der Waals surface area contributed by atoms with Crippen LogP contribution in [0.3, 0.4) is 0 Å². The maximum absolute atomic E-state index is 10.0. The van der Waals surface area contributed by atoms with E-state index >= 15 is 0 Å². The van der Waals surface area contributed by atoms with Gasteiger partial charge in [0.25, 0.3) is 0 Å². The van der Waals surface area contributed by atoms with Crippen molar-refractivity contribution in [1.29, 1.82) is 0 Å². The van der Waals surface area contributed by atoms with Crippen LogP contribution in [0.2, 0.25) is 0 Å². The van der Waals surface area contributed by atoms with Crippen molar-refractivity contribution < 1.29 is 10.2 Å². The lowest BCUT2D eigenvalue weighted by atomic mass is 10.1. The Morgan fingerprint density at radius 1 is 1.11 bits per heavy atom. The Kier molecular flexibility index (Phi) is 4.49. The highest BCUT2D eigenvalue weighted by atomic mass is 32.1. The van der Waals surface area contributed by atoms with E-state index in [1.807, 2.05) is 42.5 Å². The Labute approximate surface area is 111 Å². The van der Waals surface area contributed by atoms with E-state index < -0.39 is 12.2 Å². The number of hydrogen-bond donors (Lipinski definition) is 3. The third-order valence-corrected chi connectivity index (χ3v) is 3.96. The minimum absolute atomic E-state index is 0.375. The van der Waals surface area contributed by atoms with Crippen LogP contribution < -0.4 is 5.32 Å². The number of nitrogens with one attached hydrogen (secondary N) is 1. The number of rotatable bonds is 5. The van der Waals surface area contributed by atoms with Crippen LogP contribution >= 0.6 is 11.3 Å². The van der Waals surface area contributed by atoms with Gasteiger partial charge in [0.2, 0.25) is 0 Å². The lowest BCUT2D eigenvalue weighted by molar-refractivity contribution is 0.0224. The summed E-state index contributed by atoms with van der Waals surface area (Å²) >= 11 is 1.51. The zero-order chi connectivity index (χ0) is 13.0. The van der Waals surface area contributed by atoms with Crippen molar-refractivity contribution >= 4 is 11.3 Å². The van der Waals surface area contributed by atoms with Crippen LogP contribution in [0.25, 0.3) is 10.4 Å². The first-order valence-electron chi connectivity index (χ1n) is 5.88. The zero-order valence-electron chi connectivity index (χ0n) is 10.2. The number of hydrogen-bond acceptors (Lipinski definition) is 4. The minimum atomic E-state index is -0.833. The third kappa shape index (κ3) is 2.97. The third-order valence-electron chi connectivity index (χ3n) is 2.75. The number of likely N-dealkylation sites (N-methyl/N-ethyl adjacent to an activating group) is 1. The normalized spacial score (nSPS) is 14.4. The molecule has 0 amide bonds. The monoisotopic (exact) mass is 263 g/mol. The first kappa shape index (κ1) is 13.2. The quantitative estimate of drug-likeness (QED) is 0.773. The molecule has 2 rings (SSSR count). The smallest absolute Gasteiger partial charge is 0.115 e. The number of benzene rings is 1. The maximum atomic E-state index is 10.0. The molecule has 1 heterocycles. The highest BCUT2D eigenvalue weighted by Gasteiger charge is 2.19. The molecule has 0 aliphatic carbocycles. The molecular weight excluding hydrogens is 246 g/mol. The molecule has 0 spiro atoms. The van der Waals surface area contributed by atoms with Gasteiger partial charge in [0.15, 0.2) is 0 Å². The topological polar surface area (TPSA) is 52.5 Å². The van der Waals surface area contributed by atoms with E-state index in [1.165, 1.54) is 11.3 Å². The Balaban J connectivity index is 2.15. The summed E-state index contributed by atoms with van der Waals surface area (Å²) in [6.45, 7) is 0.375. The molecule has 0 fully saturated rings. The van der Waals surface area contributed by atoms with Crippen molar-refractivity contribution in [2.24, 2.45) is 0 Å². The van der Waals surface area contributed by atoms with Crippen LogP contribution in [0.15, 0.2) is 42.5 Å². The Morgan fingerprint density at radius 3 is 2.50 bits per heavy atom. The molecule has 1 aromatic heterocycles. The van der Waals surface area contributed by atoms with E-state index in [0.717, 1.165) is 15.3 Å². The van der Waals surface area contributed by atoms with E-state index in [9.17, 15) is 10.2 Å². The molecule has 4 heteroatoms. The summed E-state index contributed by atoms with van der Waals surface area (Å²) in [5, 5.41) is 22.6. The van der Waals surface area contributed by atoms with Gasteiger partial charge in [-0.15, -0.1) is 11.3 Å². The summed E-state index contributed by atoms with van der Waals surface area (Å²) in [5.74, 6) is 0. The Hall–Kier alpha value is -1.20. The molecule has 0 aliphatic heterocycles. The van der Waals surface area contributed by atoms with Gasteiger partial charge in [0, 0.05) is 16.3 Å². The van der Waals surface area contributed by atoms with Crippen molar-refractivity contribution in [3.8, 4) is 10.4 Å². The van der Waals surface area contributed by atoms with Crippen molar-refractivity contribution in [3.63, 3.8) is 0 Å². The first-order valence-corrected chi connectivity index (χ1v) is 6.70. The van der Waals surface area contributed by atoms with E-state index in [0.29, 0.717) is 6.54 Å². The molecule has 3 nitrogen and oxygen atoms in total. The van der Waals surface area contributed by atoms with Gasteiger partial charge in [-0.3, -0.25) is 0 Å². The van der Waals surface area contributed by atoms with Crippen LogP contribution in [0.4, 0.5) is 0 Å². The summed E-state index contributed by atoms with van der Waals surface area (Å²) in [5.41, 5.74) is 1.13. The maximum Gasteiger partial charge on any atom is 0.115 e. The molecule has 0 bridgehead atoms. The van der Waals surface area contributed by atoms with Gasteiger partial charge >= 0.3 is 0 Å². The standard InChI is InChI=1S/C14H17NO2S/c1-15-9-11(16)14(17)13-8-7-12(18-13)10-5-3-2-4-6-10/h2-8,11,14-17H,9H2,1H3. The molecule has 96 valence electrons. The highest BCUT2D eigenvalue weighted by Crippen LogP contribution is 2.32. The molecule has 3 N–H and O–H groups in total. The number of aliphatic hydroxyl groups excluding tert-OH is 2. The van der Waals surface area contributed by atoms with Crippen LogP contribution in [0, 0.1) is 0 Å². The second-order valence-electron chi connectivity index (χ2n) is 4.14. The van der Waals surface area contributed by atoms with Crippen molar-refractivity contribution in [3.05, 3.63) is 47.3 Å². The van der Waals surface area contributed by atoms with E-state index in [4.69, 9.17) is 0 Å². The summed E-state index contributed by atoms with van der Waals surface area (Å²) < 4.78 is 0. The SMILES string of the molecule is CNCC(O)C(O)c1ccc(-c2ccccc2)s1.